The van der Waals surface area contributed by atoms with Crippen molar-refractivity contribution in [1.82, 2.24) is 9.61 Å². The number of nitrogens with one attached hydrogen (secondary N) is 2. The molecule has 10 heteroatoms. The molecule has 32 heavy (non-hydrogen) atoms. The number of hydrogen-bond donors (Lipinski definition) is 3. The van der Waals surface area contributed by atoms with Crippen LogP contribution in [0.3, 0.4) is 0 Å². The number of carbonyl (C=O) groups excluding carboxylic acids is 1. The van der Waals surface area contributed by atoms with Gasteiger partial charge >= 0.3 is 0 Å². The molecule has 3 heterocycles. The van der Waals surface area contributed by atoms with E-state index in [9.17, 15) is 13.2 Å². The number of anilines is 1. The molecule has 3 aromatic rings. The van der Waals surface area contributed by atoms with Crippen molar-refractivity contribution in [3.8, 4) is 5.75 Å². The molecule has 2 aromatic heterocycles. The minimum absolute atomic E-state index is 0.167. The van der Waals surface area contributed by atoms with Crippen molar-refractivity contribution >= 4 is 32.8 Å². The molecule has 1 unspecified atom stereocenters. The molecule has 0 bridgehead atoms. The Morgan fingerprint density at radius 1 is 1.31 bits per heavy atom. The summed E-state index contributed by atoms with van der Waals surface area (Å²) in [5.41, 5.74) is 7.83. The lowest BCUT2D eigenvalue weighted by Gasteiger charge is -2.30. The van der Waals surface area contributed by atoms with Gasteiger partial charge in [0.25, 0.3) is 5.91 Å². The summed E-state index contributed by atoms with van der Waals surface area (Å²) in [6.07, 6.45) is 2.26. The van der Waals surface area contributed by atoms with Gasteiger partial charge in [0.15, 0.2) is 15.5 Å². The number of nitrogens with zero attached hydrogens (tertiary/aromatic N) is 2. The maximum Gasteiger partial charge on any atom is 0.276 e. The quantitative estimate of drug-likeness (QED) is 0.386. The van der Waals surface area contributed by atoms with E-state index < -0.39 is 20.4 Å². The predicted molar refractivity (Wildman–Crippen MR) is 122 cm³/mol. The summed E-state index contributed by atoms with van der Waals surface area (Å²) in [5.74, 6) is -0.678. The second-order valence-electron chi connectivity index (χ2n) is 8.35. The molecule has 0 saturated heterocycles. The van der Waals surface area contributed by atoms with E-state index in [0.29, 0.717) is 30.0 Å². The minimum atomic E-state index is -3.70. The first-order valence-corrected chi connectivity index (χ1v) is 11.8. The van der Waals surface area contributed by atoms with Crippen LogP contribution in [0.25, 0.3) is 5.52 Å². The molecule has 0 spiro atoms. The molecule has 168 valence electrons. The first-order chi connectivity index (χ1) is 15.1. The zero-order valence-corrected chi connectivity index (χ0v) is 18.6. The number of rotatable bonds is 6. The number of fused-ring (bicyclic) bond motifs is 2. The lowest BCUT2D eigenvalue weighted by molar-refractivity contribution is 0.102. The second kappa shape index (κ2) is 7.94. The Bertz CT molecular complexity index is 1280. The van der Waals surface area contributed by atoms with Crippen molar-refractivity contribution in [2.45, 2.75) is 30.9 Å². The average molecular weight is 456 g/mol. The van der Waals surface area contributed by atoms with Crippen LogP contribution >= 0.6 is 0 Å². The van der Waals surface area contributed by atoms with Crippen LogP contribution in [-0.4, -0.2) is 46.9 Å². The smallest absolute Gasteiger partial charge is 0.276 e. The molecule has 1 aromatic carbocycles. The van der Waals surface area contributed by atoms with Crippen molar-refractivity contribution in [3.05, 3.63) is 59.9 Å². The van der Waals surface area contributed by atoms with Crippen LogP contribution < -0.4 is 15.8 Å². The van der Waals surface area contributed by atoms with E-state index in [1.54, 1.807) is 35.0 Å². The van der Waals surface area contributed by atoms with Crippen LogP contribution in [-0.2, 0) is 9.84 Å². The van der Waals surface area contributed by atoms with Crippen LogP contribution in [0, 0.1) is 5.41 Å². The lowest BCUT2D eigenvalue weighted by Crippen LogP contribution is -2.47. The summed E-state index contributed by atoms with van der Waals surface area (Å²) in [5, 5.41) is 14.8. The van der Waals surface area contributed by atoms with Gasteiger partial charge in [0, 0.05) is 23.4 Å². The highest BCUT2D eigenvalue weighted by Gasteiger charge is 2.40. The van der Waals surface area contributed by atoms with Gasteiger partial charge in [0.2, 0.25) is 0 Å². The van der Waals surface area contributed by atoms with Crippen molar-refractivity contribution in [1.29, 1.82) is 5.41 Å². The van der Waals surface area contributed by atoms with Gasteiger partial charge in [0.1, 0.15) is 16.3 Å². The molecule has 1 aliphatic heterocycles. The number of benzene rings is 1. The van der Waals surface area contributed by atoms with E-state index in [-0.39, 0.29) is 23.3 Å². The van der Waals surface area contributed by atoms with E-state index in [1.165, 1.54) is 13.8 Å². The Labute approximate surface area is 186 Å². The maximum atomic E-state index is 13.0. The zero-order valence-electron chi connectivity index (χ0n) is 17.8. The third kappa shape index (κ3) is 3.93. The standard InChI is InChI=1S/C22H25N5O4S/c1-22(2,21(23)24)32(29,30)13-14-8-10-31-19-7-6-15(11-17(14)19)25-20(28)18-12-16-5-3-4-9-27(16)26-18/h3-7,9,11-12,14H,8,10,13H2,1-2H3,(H3,23,24)(H,25,28). The summed E-state index contributed by atoms with van der Waals surface area (Å²) in [6, 6.07) is 12.4. The van der Waals surface area contributed by atoms with Gasteiger partial charge in [-0.3, -0.25) is 10.2 Å². The molecule has 1 atom stereocenters. The number of pyridine rings is 1. The third-order valence-electron chi connectivity index (χ3n) is 5.88. The van der Waals surface area contributed by atoms with Crippen LogP contribution in [0.1, 0.15) is 42.2 Å². The Morgan fingerprint density at radius 2 is 2.09 bits per heavy atom. The number of sulfone groups is 1. The van der Waals surface area contributed by atoms with Gasteiger partial charge < -0.3 is 15.8 Å². The Balaban J connectivity index is 1.58. The lowest BCUT2D eigenvalue weighted by atomic mass is 9.94. The monoisotopic (exact) mass is 455 g/mol. The number of carbonyl (C=O) groups is 1. The van der Waals surface area contributed by atoms with E-state index >= 15 is 0 Å². The molecule has 1 aliphatic rings. The number of hydrogen-bond acceptors (Lipinski definition) is 6. The van der Waals surface area contributed by atoms with Crippen molar-refractivity contribution < 1.29 is 17.9 Å². The second-order valence-corrected chi connectivity index (χ2v) is 10.9. The summed E-state index contributed by atoms with van der Waals surface area (Å²) in [4.78, 5) is 12.7. The molecule has 0 fully saturated rings. The summed E-state index contributed by atoms with van der Waals surface area (Å²) in [6.45, 7) is 3.27. The molecular formula is C22H25N5O4S. The summed E-state index contributed by atoms with van der Waals surface area (Å²) in [7, 11) is -3.70. The minimum Gasteiger partial charge on any atom is -0.493 e. The molecular weight excluding hydrogens is 430 g/mol. The largest absolute Gasteiger partial charge is 0.493 e. The van der Waals surface area contributed by atoms with E-state index in [4.69, 9.17) is 15.9 Å². The van der Waals surface area contributed by atoms with Crippen molar-refractivity contribution in [2.24, 2.45) is 5.73 Å². The highest BCUT2D eigenvalue weighted by atomic mass is 32.2. The van der Waals surface area contributed by atoms with E-state index in [2.05, 4.69) is 10.4 Å². The fourth-order valence-electron chi connectivity index (χ4n) is 3.60. The zero-order chi connectivity index (χ0) is 23.1. The fourth-order valence-corrected chi connectivity index (χ4v) is 5.23. The van der Waals surface area contributed by atoms with E-state index in [0.717, 1.165) is 5.52 Å². The molecule has 9 nitrogen and oxygen atoms in total. The first-order valence-electron chi connectivity index (χ1n) is 10.2. The predicted octanol–water partition coefficient (Wildman–Crippen LogP) is 2.58. The highest BCUT2D eigenvalue weighted by molar-refractivity contribution is 7.93. The van der Waals surface area contributed by atoms with Gasteiger partial charge in [-0.1, -0.05) is 6.07 Å². The molecule has 0 radical (unpaired) electrons. The molecule has 0 saturated carbocycles. The highest BCUT2D eigenvalue weighted by Crippen LogP contribution is 2.38. The summed E-state index contributed by atoms with van der Waals surface area (Å²) >= 11 is 0. The number of amidine groups is 1. The number of ether oxygens (including phenoxy) is 1. The summed E-state index contributed by atoms with van der Waals surface area (Å²) < 4.78 is 31.8. The van der Waals surface area contributed by atoms with E-state index in [1.807, 2.05) is 18.2 Å². The molecule has 4 N–H and O–H groups in total. The SMILES string of the molecule is CC(C)(C(=N)N)S(=O)(=O)CC1CCOc2ccc(NC(=O)c3cc4ccccn4n3)cc21. The van der Waals surface area contributed by atoms with Gasteiger partial charge in [-0.05, 0) is 56.7 Å². The molecule has 1 amide bonds. The topological polar surface area (TPSA) is 140 Å². The first kappa shape index (κ1) is 21.8. The Morgan fingerprint density at radius 3 is 2.81 bits per heavy atom. The normalized spacial score (nSPS) is 16.2. The van der Waals surface area contributed by atoms with Crippen molar-refractivity contribution in [2.75, 3.05) is 17.7 Å². The van der Waals surface area contributed by atoms with Gasteiger partial charge in [0.05, 0.1) is 17.9 Å². The fraction of sp³-hybridized carbons (Fsp3) is 0.318. The molecule has 4 rings (SSSR count). The maximum absolute atomic E-state index is 13.0. The number of amides is 1. The Kier molecular flexibility index (Phi) is 5.41. The van der Waals surface area contributed by atoms with Gasteiger partial charge in [-0.25, -0.2) is 12.9 Å². The van der Waals surface area contributed by atoms with Crippen LogP contribution in [0.2, 0.25) is 0 Å². The number of nitrogens with two attached hydrogens (primary N) is 1. The Hall–Kier alpha value is -3.40. The van der Waals surface area contributed by atoms with Crippen molar-refractivity contribution in [3.63, 3.8) is 0 Å². The van der Waals surface area contributed by atoms with Gasteiger partial charge in [-0.2, -0.15) is 5.10 Å². The van der Waals surface area contributed by atoms with Crippen LogP contribution in [0.4, 0.5) is 5.69 Å². The third-order valence-corrected chi connectivity index (χ3v) is 8.50. The average Bonchev–Trinajstić information content (AvgIpc) is 3.18. The van der Waals surface area contributed by atoms with Crippen LogP contribution in [0.5, 0.6) is 5.75 Å². The van der Waals surface area contributed by atoms with Crippen LogP contribution in [0.15, 0.2) is 48.7 Å². The van der Waals surface area contributed by atoms with Gasteiger partial charge in [-0.15, -0.1) is 0 Å². The molecule has 0 aliphatic carbocycles. The number of aromatic nitrogens is 2.